The first-order valence-electron chi connectivity index (χ1n) is 11.7. The molecule has 35 heavy (non-hydrogen) atoms. The van der Waals surface area contributed by atoms with Crippen molar-refractivity contribution in [2.45, 2.75) is 39.3 Å². The van der Waals surface area contributed by atoms with E-state index >= 15 is 0 Å². The molecule has 1 aliphatic carbocycles. The van der Waals surface area contributed by atoms with Gasteiger partial charge in [0.1, 0.15) is 5.75 Å². The standard InChI is InChI=1S/C25H27ClF3N3O3/c1-3-31(4-2)10-11-32-20-9-8-16(25(27,28)29)12-22(20)35-21-14-19(18(26)13-17(21)24(32)34)30-23(33)15-6-5-7-15/h8-9,12-15H,3-7,10-11H2,1-2H3,(H,30,33). The van der Waals surface area contributed by atoms with Crippen molar-refractivity contribution in [3.8, 4) is 11.5 Å². The summed E-state index contributed by atoms with van der Waals surface area (Å²) in [7, 11) is 0. The lowest BCUT2D eigenvalue weighted by molar-refractivity contribution is -0.137. The van der Waals surface area contributed by atoms with E-state index in [9.17, 15) is 22.8 Å². The highest BCUT2D eigenvalue weighted by atomic mass is 35.5. The second kappa shape index (κ2) is 10.1. The van der Waals surface area contributed by atoms with Crippen molar-refractivity contribution in [2.75, 3.05) is 36.4 Å². The number of likely N-dealkylation sites (N-methyl/N-ethyl adjacent to an activating group) is 1. The molecule has 10 heteroatoms. The lowest BCUT2D eigenvalue weighted by atomic mass is 9.85. The summed E-state index contributed by atoms with van der Waals surface area (Å²) in [5.41, 5.74) is -0.285. The molecule has 6 nitrogen and oxygen atoms in total. The van der Waals surface area contributed by atoms with Crippen molar-refractivity contribution in [2.24, 2.45) is 5.92 Å². The molecule has 2 aromatic rings. The van der Waals surface area contributed by atoms with Crippen molar-refractivity contribution in [1.29, 1.82) is 0 Å². The lowest BCUT2D eigenvalue weighted by Gasteiger charge is -2.26. The average Bonchev–Trinajstić information content (AvgIpc) is 2.87. The van der Waals surface area contributed by atoms with Crippen LogP contribution in [0.25, 0.3) is 0 Å². The third-order valence-corrected chi connectivity index (χ3v) is 6.92. The van der Waals surface area contributed by atoms with Gasteiger partial charge in [-0.2, -0.15) is 13.2 Å². The number of hydrogen-bond acceptors (Lipinski definition) is 4. The molecule has 1 fully saturated rings. The highest BCUT2D eigenvalue weighted by Gasteiger charge is 2.35. The van der Waals surface area contributed by atoms with Gasteiger partial charge in [0, 0.05) is 25.1 Å². The van der Waals surface area contributed by atoms with E-state index in [1.165, 1.54) is 23.1 Å². The Morgan fingerprint density at radius 2 is 1.89 bits per heavy atom. The molecule has 188 valence electrons. The zero-order chi connectivity index (χ0) is 25.3. The molecular weight excluding hydrogens is 483 g/mol. The van der Waals surface area contributed by atoms with Crippen LogP contribution in [-0.4, -0.2) is 42.9 Å². The third kappa shape index (κ3) is 5.26. The summed E-state index contributed by atoms with van der Waals surface area (Å²) in [6.45, 7) is 6.30. The number of ether oxygens (including phenoxy) is 1. The summed E-state index contributed by atoms with van der Waals surface area (Å²) < 4.78 is 46.2. The van der Waals surface area contributed by atoms with Gasteiger partial charge in [0.25, 0.3) is 5.91 Å². The number of amides is 2. The Labute approximate surface area is 207 Å². The predicted molar refractivity (Wildman–Crippen MR) is 128 cm³/mol. The summed E-state index contributed by atoms with van der Waals surface area (Å²) in [6.07, 6.45) is -2.02. The van der Waals surface area contributed by atoms with Crippen LogP contribution in [0.3, 0.4) is 0 Å². The van der Waals surface area contributed by atoms with Crippen molar-refractivity contribution < 1.29 is 27.5 Å². The quantitative estimate of drug-likeness (QED) is 0.483. The molecule has 0 unspecified atom stereocenters. The molecule has 0 saturated heterocycles. The Morgan fingerprint density at radius 3 is 2.49 bits per heavy atom. The smallest absolute Gasteiger partial charge is 0.416 e. The number of alkyl halides is 3. The largest absolute Gasteiger partial charge is 0.454 e. The van der Waals surface area contributed by atoms with Gasteiger partial charge in [-0.3, -0.25) is 9.59 Å². The molecule has 2 aromatic carbocycles. The normalized spacial score (nSPS) is 15.7. The van der Waals surface area contributed by atoms with Crippen LogP contribution in [-0.2, 0) is 11.0 Å². The number of carbonyl (C=O) groups is 2. The van der Waals surface area contributed by atoms with Gasteiger partial charge in [0.15, 0.2) is 5.75 Å². The first kappa shape index (κ1) is 25.3. The minimum atomic E-state index is -4.58. The maximum atomic E-state index is 13.6. The number of carbonyl (C=O) groups excluding carboxylic acids is 2. The molecule has 0 spiro atoms. The van der Waals surface area contributed by atoms with Crippen LogP contribution in [0, 0.1) is 5.92 Å². The zero-order valence-electron chi connectivity index (χ0n) is 19.5. The number of fused-ring (bicyclic) bond motifs is 2. The summed E-state index contributed by atoms with van der Waals surface area (Å²) in [5.74, 6) is -0.777. The minimum absolute atomic E-state index is 0.0363. The molecule has 1 saturated carbocycles. The van der Waals surface area contributed by atoms with E-state index in [1.807, 2.05) is 13.8 Å². The van der Waals surface area contributed by atoms with E-state index in [4.69, 9.17) is 16.3 Å². The molecular formula is C25H27ClF3N3O3. The van der Waals surface area contributed by atoms with Crippen LogP contribution >= 0.6 is 11.6 Å². The summed E-state index contributed by atoms with van der Waals surface area (Å²) in [5, 5.41) is 2.91. The van der Waals surface area contributed by atoms with Crippen LogP contribution < -0.4 is 15.0 Å². The fraction of sp³-hybridized carbons (Fsp3) is 0.440. The van der Waals surface area contributed by atoms with Crippen molar-refractivity contribution in [3.63, 3.8) is 0 Å². The number of rotatable bonds is 7. The van der Waals surface area contributed by atoms with Gasteiger partial charge in [-0.25, -0.2) is 0 Å². The topological polar surface area (TPSA) is 61.9 Å². The van der Waals surface area contributed by atoms with Gasteiger partial charge >= 0.3 is 6.18 Å². The van der Waals surface area contributed by atoms with Crippen LogP contribution in [0.5, 0.6) is 11.5 Å². The molecule has 1 N–H and O–H groups in total. The maximum absolute atomic E-state index is 13.6. The summed E-state index contributed by atoms with van der Waals surface area (Å²) in [6, 6.07) is 5.89. The molecule has 1 heterocycles. The van der Waals surface area contributed by atoms with E-state index in [0.717, 1.165) is 44.5 Å². The Hall–Kier alpha value is -2.78. The van der Waals surface area contributed by atoms with Gasteiger partial charge in [-0.1, -0.05) is 31.9 Å². The Kier molecular flexibility index (Phi) is 7.28. The number of benzene rings is 2. The van der Waals surface area contributed by atoms with Crippen LogP contribution in [0.4, 0.5) is 24.5 Å². The number of nitrogens with zero attached hydrogens (tertiary/aromatic N) is 2. The number of nitrogens with one attached hydrogen (secondary N) is 1. The summed E-state index contributed by atoms with van der Waals surface area (Å²) in [4.78, 5) is 29.5. The first-order valence-corrected chi connectivity index (χ1v) is 12.1. The fourth-order valence-electron chi connectivity index (χ4n) is 4.18. The van der Waals surface area contributed by atoms with Crippen LogP contribution in [0.1, 0.15) is 49.0 Å². The molecule has 2 amide bonds. The lowest BCUT2D eigenvalue weighted by Crippen LogP contribution is -2.38. The molecule has 0 atom stereocenters. The van der Waals surface area contributed by atoms with Gasteiger partial charge in [-0.15, -0.1) is 0 Å². The van der Waals surface area contributed by atoms with E-state index in [-0.39, 0.29) is 51.8 Å². The Bertz CT molecular complexity index is 1130. The van der Waals surface area contributed by atoms with Crippen LogP contribution in [0.15, 0.2) is 30.3 Å². The zero-order valence-corrected chi connectivity index (χ0v) is 20.3. The third-order valence-electron chi connectivity index (χ3n) is 6.61. The molecule has 1 aliphatic heterocycles. The molecule has 0 aromatic heterocycles. The molecule has 0 bridgehead atoms. The van der Waals surface area contributed by atoms with Crippen molar-refractivity contribution >= 4 is 34.8 Å². The fourth-order valence-corrected chi connectivity index (χ4v) is 4.39. The number of hydrogen-bond donors (Lipinski definition) is 1. The average molecular weight is 510 g/mol. The molecule has 4 rings (SSSR count). The number of anilines is 2. The van der Waals surface area contributed by atoms with E-state index in [0.29, 0.717) is 6.54 Å². The van der Waals surface area contributed by atoms with E-state index in [1.54, 1.807) is 0 Å². The van der Waals surface area contributed by atoms with Crippen molar-refractivity contribution in [3.05, 3.63) is 46.5 Å². The monoisotopic (exact) mass is 509 g/mol. The maximum Gasteiger partial charge on any atom is 0.416 e. The highest BCUT2D eigenvalue weighted by Crippen LogP contribution is 2.44. The second-order valence-corrected chi connectivity index (χ2v) is 9.12. The minimum Gasteiger partial charge on any atom is -0.454 e. The van der Waals surface area contributed by atoms with Gasteiger partial charge in [0.2, 0.25) is 5.91 Å². The van der Waals surface area contributed by atoms with Crippen molar-refractivity contribution in [1.82, 2.24) is 4.90 Å². The van der Waals surface area contributed by atoms with E-state index < -0.39 is 17.6 Å². The van der Waals surface area contributed by atoms with Gasteiger partial charge < -0.3 is 19.9 Å². The molecule has 2 aliphatic rings. The first-order chi connectivity index (χ1) is 16.6. The van der Waals surface area contributed by atoms with Gasteiger partial charge in [0.05, 0.1) is 27.5 Å². The Morgan fingerprint density at radius 1 is 1.17 bits per heavy atom. The highest BCUT2D eigenvalue weighted by molar-refractivity contribution is 6.34. The predicted octanol–water partition coefficient (Wildman–Crippen LogP) is 6.19. The second-order valence-electron chi connectivity index (χ2n) is 8.71. The van der Waals surface area contributed by atoms with Gasteiger partial charge in [-0.05, 0) is 50.2 Å². The van der Waals surface area contributed by atoms with Crippen LogP contribution in [0.2, 0.25) is 5.02 Å². The Balaban J connectivity index is 1.75. The number of halogens is 4. The SMILES string of the molecule is CCN(CC)CCN1C(=O)c2cc(Cl)c(NC(=O)C3CCC3)cc2Oc2cc(C(F)(F)F)ccc21. The summed E-state index contributed by atoms with van der Waals surface area (Å²) >= 11 is 6.41. The molecule has 0 radical (unpaired) electrons. The van der Waals surface area contributed by atoms with E-state index in [2.05, 4.69) is 10.2 Å².